The van der Waals surface area contributed by atoms with E-state index >= 15 is 0 Å². The summed E-state index contributed by atoms with van der Waals surface area (Å²) in [4.78, 5) is 32.0. The molecule has 7 nitrogen and oxygen atoms in total. The fourth-order valence-corrected chi connectivity index (χ4v) is 4.76. The SMILES string of the molecule is O=C(/C=C/c1ccccc1)N1CCC(O)(Cn2cnc3c(cc(Cl)n3-c3ccccc3)c2=O)CC1. The largest absolute Gasteiger partial charge is 0.388 e. The van der Waals surface area contributed by atoms with Gasteiger partial charge >= 0.3 is 0 Å². The molecule has 1 saturated heterocycles. The second-order valence-corrected chi connectivity index (χ2v) is 9.23. The van der Waals surface area contributed by atoms with Crippen molar-refractivity contribution in [2.45, 2.75) is 25.0 Å². The maximum absolute atomic E-state index is 13.2. The molecule has 0 unspecified atom stereocenters. The van der Waals surface area contributed by atoms with Crippen molar-refractivity contribution in [1.82, 2.24) is 19.0 Å². The van der Waals surface area contributed by atoms with Gasteiger partial charge in [-0.1, -0.05) is 60.1 Å². The summed E-state index contributed by atoms with van der Waals surface area (Å²) in [5.74, 6) is -0.0898. The number of carbonyl (C=O) groups is 1. The molecular formula is C27H25ClN4O3. The van der Waals surface area contributed by atoms with Gasteiger partial charge in [-0.15, -0.1) is 0 Å². The van der Waals surface area contributed by atoms with E-state index in [1.54, 1.807) is 27.7 Å². The minimum Gasteiger partial charge on any atom is -0.388 e. The van der Waals surface area contributed by atoms with Crippen LogP contribution in [0.4, 0.5) is 0 Å². The Morgan fingerprint density at radius 1 is 1.06 bits per heavy atom. The normalized spacial score (nSPS) is 15.7. The molecule has 2 aromatic heterocycles. The van der Waals surface area contributed by atoms with Crippen molar-refractivity contribution in [2.24, 2.45) is 0 Å². The Hall–Kier alpha value is -3.68. The standard InChI is InChI=1S/C27H25ClN4O3/c28-23-17-22-25(32(23)21-9-5-2-6-10-21)29-19-31(26(22)34)18-27(35)13-15-30(16-14-27)24(33)12-11-20-7-3-1-4-8-20/h1-12,17,19,35H,13-16,18H2/b12-11+. The highest BCUT2D eigenvalue weighted by Crippen LogP contribution is 2.26. The van der Waals surface area contributed by atoms with Crippen molar-refractivity contribution in [1.29, 1.82) is 0 Å². The van der Waals surface area contributed by atoms with E-state index in [0.717, 1.165) is 11.3 Å². The van der Waals surface area contributed by atoms with Crippen molar-refractivity contribution in [2.75, 3.05) is 13.1 Å². The number of amides is 1. The molecule has 1 amide bonds. The third-order valence-electron chi connectivity index (χ3n) is 6.44. The molecular weight excluding hydrogens is 464 g/mol. The molecule has 0 spiro atoms. The number of para-hydroxylation sites is 1. The summed E-state index contributed by atoms with van der Waals surface area (Å²) in [6.45, 7) is 0.926. The lowest BCUT2D eigenvalue weighted by atomic mass is 9.91. The first kappa shape index (κ1) is 23.1. The molecule has 5 rings (SSSR count). The molecule has 1 fully saturated rings. The quantitative estimate of drug-likeness (QED) is 0.432. The van der Waals surface area contributed by atoms with Gasteiger partial charge in [-0.2, -0.15) is 0 Å². The van der Waals surface area contributed by atoms with Gasteiger partial charge in [0.2, 0.25) is 5.91 Å². The van der Waals surface area contributed by atoms with Gasteiger partial charge in [0.15, 0.2) is 5.65 Å². The fraction of sp³-hybridized carbons (Fsp3) is 0.222. The number of fused-ring (bicyclic) bond motifs is 1. The smallest absolute Gasteiger partial charge is 0.262 e. The van der Waals surface area contributed by atoms with E-state index < -0.39 is 5.60 Å². The van der Waals surface area contributed by atoms with Gasteiger partial charge in [-0.3, -0.25) is 18.7 Å². The lowest BCUT2D eigenvalue weighted by Gasteiger charge is -2.38. The van der Waals surface area contributed by atoms with Crippen molar-refractivity contribution < 1.29 is 9.90 Å². The first-order valence-corrected chi connectivity index (χ1v) is 11.9. The number of rotatable bonds is 5. The highest BCUT2D eigenvalue weighted by atomic mass is 35.5. The second kappa shape index (κ2) is 9.52. The monoisotopic (exact) mass is 488 g/mol. The molecule has 8 heteroatoms. The van der Waals surface area contributed by atoms with Crippen molar-refractivity contribution in [3.8, 4) is 5.69 Å². The van der Waals surface area contributed by atoms with Crippen LogP contribution in [-0.2, 0) is 11.3 Å². The molecule has 0 aliphatic carbocycles. The summed E-state index contributed by atoms with van der Waals surface area (Å²) in [6, 6.07) is 20.7. The highest BCUT2D eigenvalue weighted by molar-refractivity contribution is 6.31. The minimum absolute atomic E-state index is 0.0898. The Balaban J connectivity index is 1.30. The third-order valence-corrected chi connectivity index (χ3v) is 6.72. The Kier molecular flexibility index (Phi) is 6.28. The Bertz CT molecular complexity index is 1440. The number of hydrogen-bond donors (Lipinski definition) is 1. The van der Waals surface area contributed by atoms with Crippen LogP contribution in [0.5, 0.6) is 0 Å². The average Bonchev–Trinajstić information content (AvgIpc) is 3.22. The van der Waals surface area contributed by atoms with Crippen molar-refractivity contribution in [3.63, 3.8) is 0 Å². The van der Waals surface area contributed by atoms with Crippen LogP contribution in [0.15, 0.2) is 83.9 Å². The number of aliphatic hydroxyl groups is 1. The first-order valence-electron chi connectivity index (χ1n) is 11.5. The molecule has 2 aromatic carbocycles. The first-order chi connectivity index (χ1) is 16.9. The second-order valence-electron chi connectivity index (χ2n) is 8.85. The number of benzene rings is 2. The highest BCUT2D eigenvalue weighted by Gasteiger charge is 2.34. The summed E-state index contributed by atoms with van der Waals surface area (Å²) < 4.78 is 3.16. The van der Waals surface area contributed by atoms with E-state index in [2.05, 4.69) is 4.98 Å². The molecule has 4 aromatic rings. The molecule has 1 aliphatic heterocycles. The number of halogens is 1. The van der Waals surface area contributed by atoms with Crippen LogP contribution in [0.2, 0.25) is 5.15 Å². The van der Waals surface area contributed by atoms with Gasteiger partial charge in [0, 0.05) is 24.9 Å². The lowest BCUT2D eigenvalue weighted by molar-refractivity contribution is -0.130. The van der Waals surface area contributed by atoms with E-state index in [1.807, 2.05) is 60.7 Å². The van der Waals surface area contributed by atoms with Crippen LogP contribution < -0.4 is 5.56 Å². The molecule has 178 valence electrons. The minimum atomic E-state index is -1.11. The average molecular weight is 489 g/mol. The topological polar surface area (TPSA) is 80.4 Å². The van der Waals surface area contributed by atoms with Crippen LogP contribution in [0, 0.1) is 0 Å². The number of aromatic nitrogens is 3. The lowest BCUT2D eigenvalue weighted by Crippen LogP contribution is -2.49. The van der Waals surface area contributed by atoms with E-state index in [-0.39, 0.29) is 18.0 Å². The third kappa shape index (κ3) is 4.78. The number of piperidine rings is 1. The predicted octanol–water partition coefficient (Wildman–Crippen LogP) is 3.91. The fourth-order valence-electron chi connectivity index (χ4n) is 4.48. The summed E-state index contributed by atoms with van der Waals surface area (Å²) in [7, 11) is 0. The van der Waals surface area contributed by atoms with Gasteiger partial charge < -0.3 is 10.0 Å². The van der Waals surface area contributed by atoms with Crippen LogP contribution in [0.3, 0.4) is 0 Å². The van der Waals surface area contributed by atoms with Gasteiger partial charge in [0.1, 0.15) is 11.5 Å². The van der Waals surface area contributed by atoms with Crippen LogP contribution in [-0.4, -0.2) is 48.7 Å². The Labute approximate surface area is 207 Å². The predicted molar refractivity (Wildman–Crippen MR) is 137 cm³/mol. The molecule has 1 aliphatic rings. The zero-order valence-electron chi connectivity index (χ0n) is 19.0. The van der Waals surface area contributed by atoms with Crippen molar-refractivity contribution >= 4 is 34.6 Å². The molecule has 0 bridgehead atoms. The van der Waals surface area contributed by atoms with Gasteiger partial charge in [-0.05, 0) is 42.7 Å². The number of carbonyl (C=O) groups excluding carboxylic acids is 1. The van der Waals surface area contributed by atoms with Crippen LogP contribution in [0.1, 0.15) is 18.4 Å². The Morgan fingerprint density at radius 2 is 1.71 bits per heavy atom. The maximum atomic E-state index is 13.2. The summed E-state index contributed by atoms with van der Waals surface area (Å²) in [5.41, 5.74) is 0.876. The van der Waals surface area contributed by atoms with E-state index in [0.29, 0.717) is 42.1 Å². The molecule has 1 N–H and O–H groups in total. The molecule has 0 saturated carbocycles. The van der Waals surface area contributed by atoms with Gasteiger partial charge in [0.25, 0.3) is 5.56 Å². The zero-order valence-corrected chi connectivity index (χ0v) is 19.8. The van der Waals surface area contributed by atoms with E-state index in [1.165, 1.54) is 10.9 Å². The summed E-state index contributed by atoms with van der Waals surface area (Å²) in [6.07, 6.45) is 5.54. The molecule has 3 heterocycles. The van der Waals surface area contributed by atoms with E-state index in [4.69, 9.17) is 11.6 Å². The van der Waals surface area contributed by atoms with Crippen LogP contribution in [0.25, 0.3) is 22.8 Å². The van der Waals surface area contributed by atoms with Crippen molar-refractivity contribution in [3.05, 3.63) is 100 Å². The molecule has 0 radical (unpaired) electrons. The van der Waals surface area contributed by atoms with Gasteiger partial charge in [-0.25, -0.2) is 4.98 Å². The maximum Gasteiger partial charge on any atom is 0.262 e. The van der Waals surface area contributed by atoms with Crippen LogP contribution >= 0.6 is 11.6 Å². The number of hydrogen-bond acceptors (Lipinski definition) is 4. The van der Waals surface area contributed by atoms with Gasteiger partial charge in [0.05, 0.1) is 17.5 Å². The molecule has 0 atom stereocenters. The Morgan fingerprint density at radius 3 is 2.40 bits per heavy atom. The van der Waals surface area contributed by atoms with E-state index in [9.17, 15) is 14.7 Å². The summed E-state index contributed by atoms with van der Waals surface area (Å²) >= 11 is 6.44. The molecule has 35 heavy (non-hydrogen) atoms. The summed E-state index contributed by atoms with van der Waals surface area (Å²) in [5, 5.41) is 12.0. The number of nitrogens with zero attached hydrogens (tertiary/aromatic N) is 4. The zero-order chi connectivity index (χ0) is 24.4. The number of likely N-dealkylation sites (tertiary alicyclic amines) is 1.